The molecule has 1 saturated heterocycles. The molecule has 1 N–H and O–H groups in total. The zero-order chi connectivity index (χ0) is 14.7. The first-order valence-electron chi connectivity index (χ1n) is 8.79. The number of hydrogen-bond acceptors (Lipinski definition) is 2. The van der Waals surface area contributed by atoms with Crippen molar-refractivity contribution in [2.45, 2.75) is 64.1 Å². The third-order valence-corrected chi connectivity index (χ3v) is 5.47. The fourth-order valence-corrected chi connectivity index (χ4v) is 4.23. The number of rotatable bonds is 4. The Labute approximate surface area is 129 Å². The Morgan fingerprint density at radius 1 is 1.19 bits per heavy atom. The van der Waals surface area contributed by atoms with Crippen LogP contribution in [0.5, 0.6) is 0 Å². The van der Waals surface area contributed by atoms with Crippen molar-refractivity contribution in [2.24, 2.45) is 5.92 Å². The van der Waals surface area contributed by atoms with Gasteiger partial charge in [0.25, 0.3) is 0 Å². The highest BCUT2D eigenvalue weighted by Gasteiger charge is 2.34. The second kappa shape index (κ2) is 6.93. The van der Waals surface area contributed by atoms with Gasteiger partial charge >= 0.3 is 0 Å². The average Bonchev–Trinajstić information content (AvgIpc) is 2.95. The molecule has 116 valence electrons. The van der Waals surface area contributed by atoms with Crippen LogP contribution in [0, 0.1) is 5.92 Å². The molecule has 1 aromatic carbocycles. The number of hydrogen-bond donors (Lipinski definition) is 1. The molecule has 0 bridgehead atoms. The number of nitrogens with zero attached hydrogens (tertiary/aromatic N) is 1. The van der Waals surface area contributed by atoms with Crippen LogP contribution in [0.15, 0.2) is 30.3 Å². The first-order chi connectivity index (χ1) is 10.3. The van der Waals surface area contributed by atoms with Gasteiger partial charge in [0.15, 0.2) is 0 Å². The van der Waals surface area contributed by atoms with Gasteiger partial charge in [-0.15, -0.1) is 0 Å². The molecule has 2 aliphatic rings. The monoisotopic (exact) mass is 286 g/mol. The summed E-state index contributed by atoms with van der Waals surface area (Å²) in [5.74, 6) is 0.926. The molecular formula is C19H30N2. The Balaban J connectivity index is 1.63. The van der Waals surface area contributed by atoms with Crippen LogP contribution in [0.2, 0.25) is 0 Å². The van der Waals surface area contributed by atoms with Crippen LogP contribution < -0.4 is 5.32 Å². The molecule has 0 spiro atoms. The lowest BCUT2D eigenvalue weighted by Gasteiger charge is -2.43. The predicted octanol–water partition coefficient (Wildman–Crippen LogP) is 3.47. The van der Waals surface area contributed by atoms with Gasteiger partial charge in [0.05, 0.1) is 0 Å². The minimum absolute atomic E-state index is 0.617. The molecular weight excluding hydrogens is 256 g/mol. The van der Waals surface area contributed by atoms with Crippen LogP contribution in [-0.2, 0) is 6.42 Å². The van der Waals surface area contributed by atoms with Crippen molar-refractivity contribution in [1.82, 2.24) is 10.2 Å². The highest BCUT2D eigenvalue weighted by Crippen LogP contribution is 2.31. The van der Waals surface area contributed by atoms with E-state index in [9.17, 15) is 0 Å². The van der Waals surface area contributed by atoms with Gasteiger partial charge < -0.3 is 5.32 Å². The van der Waals surface area contributed by atoms with E-state index in [1.807, 2.05) is 0 Å². The molecule has 21 heavy (non-hydrogen) atoms. The number of nitrogens with one attached hydrogen (secondary N) is 1. The van der Waals surface area contributed by atoms with Crippen LogP contribution in [0.3, 0.4) is 0 Å². The molecule has 0 amide bonds. The topological polar surface area (TPSA) is 15.3 Å². The second-order valence-electron chi connectivity index (χ2n) is 7.13. The van der Waals surface area contributed by atoms with E-state index in [0.29, 0.717) is 6.04 Å². The summed E-state index contributed by atoms with van der Waals surface area (Å²) in [7, 11) is 0. The maximum atomic E-state index is 3.79. The van der Waals surface area contributed by atoms with Crippen molar-refractivity contribution in [3.05, 3.63) is 35.9 Å². The van der Waals surface area contributed by atoms with E-state index in [2.05, 4.69) is 54.4 Å². The zero-order valence-electron chi connectivity index (χ0n) is 13.6. The van der Waals surface area contributed by atoms with Crippen molar-refractivity contribution < 1.29 is 0 Å². The maximum Gasteiger partial charge on any atom is 0.0236 e. The normalized spacial score (nSPS) is 34.2. The molecule has 2 nitrogen and oxygen atoms in total. The minimum atomic E-state index is 0.617. The smallest absolute Gasteiger partial charge is 0.0236 e. The first kappa shape index (κ1) is 15.1. The molecule has 2 fully saturated rings. The Hall–Kier alpha value is -0.860. The van der Waals surface area contributed by atoms with Gasteiger partial charge in [-0.2, -0.15) is 0 Å². The lowest BCUT2D eigenvalue weighted by Crippen LogP contribution is -2.59. The van der Waals surface area contributed by atoms with Gasteiger partial charge in [0, 0.05) is 31.2 Å². The molecule has 4 atom stereocenters. The van der Waals surface area contributed by atoms with E-state index >= 15 is 0 Å². The van der Waals surface area contributed by atoms with Gasteiger partial charge in [-0.3, -0.25) is 4.90 Å². The fourth-order valence-electron chi connectivity index (χ4n) is 4.23. The van der Waals surface area contributed by atoms with Crippen molar-refractivity contribution in [1.29, 1.82) is 0 Å². The highest BCUT2D eigenvalue weighted by atomic mass is 15.3. The van der Waals surface area contributed by atoms with Crippen LogP contribution >= 0.6 is 0 Å². The summed E-state index contributed by atoms with van der Waals surface area (Å²) in [6, 6.07) is 13.1. The first-order valence-corrected chi connectivity index (χ1v) is 8.79. The average molecular weight is 286 g/mol. The Morgan fingerprint density at radius 2 is 2.00 bits per heavy atom. The summed E-state index contributed by atoms with van der Waals surface area (Å²) >= 11 is 0. The number of benzene rings is 1. The Kier molecular flexibility index (Phi) is 4.97. The van der Waals surface area contributed by atoms with E-state index in [4.69, 9.17) is 0 Å². The third kappa shape index (κ3) is 3.67. The molecule has 1 aliphatic heterocycles. The van der Waals surface area contributed by atoms with Gasteiger partial charge in [-0.05, 0) is 43.6 Å². The van der Waals surface area contributed by atoms with E-state index in [1.54, 1.807) is 0 Å². The maximum absolute atomic E-state index is 3.79. The second-order valence-corrected chi connectivity index (χ2v) is 7.13. The van der Waals surface area contributed by atoms with Gasteiger partial charge in [0.1, 0.15) is 0 Å². The molecule has 1 aromatic rings. The number of piperazine rings is 1. The SMILES string of the molecule is CCC1CNC(Cc2ccccc2)CN1C1CCC(C)C1. The van der Waals surface area contributed by atoms with Crippen molar-refractivity contribution in [3.8, 4) is 0 Å². The quantitative estimate of drug-likeness (QED) is 0.912. The van der Waals surface area contributed by atoms with Crippen molar-refractivity contribution in [2.75, 3.05) is 13.1 Å². The van der Waals surface area contributed by atoms with Gasteiger partial charge in [-0.1, -0.05) is 44.2 Å². The summed E-state index contributed by atoms with van der Waals surface area (Å²) in [6.45, 7) is 7.16. The Morgan fingerprint density at radius 3 is 2.67 bits per heavy atom. The van der Waals surface area contributed by atoms with Gasteiger partial charge in [-0.25, -0.2) is 0 Å². The third-order valence-electron chi connectivity index (χ3n) is 5.47. The summed E-state index contributed by atoms with van der Waals surface area (Å²) in [6.07, 6.45) is 6.69. The van der Waals surface area contributed by atoms with E-state index in [0.717, 1.165) is 24.4 Å². The highest BCUT2D eigenvalue weighted by molar-refractivity contribution is 5.16. The van der Waals surface area contributed by atoms with E-state index in [1.165, 1.54) is 44.3 Å². The zero-order valence-corrected chi connectivity index (χ0v) is 13.6. The largest absolute Gasteiger partial charge is 0.311 e. The van der Waals surface area contributed by atoms with E-state index < -0.39 is 0 Å². The van der Waals surface area contributed by atoms with Gasteiger partial charge in [0.2, 0.25) is 0 Å². The van der Waals surface area contributed by atoms with Crippen LogP contribution in [0.4, 0.5) is 0 Å². The summed E-state index contributed by atoms with van der Waals surface area (Å²) in [5.41, 5.74) is 1.46. The fraction of sp³-hybridized carbons (Fsp3) is 0.684. The summed E-state index contributed by atoms with van der Waals surface area (Å²) in [4.78, 5) is 2.84. The molecule has 0 radical (unpaired) electrons. The van der Waals surface area contributed by atoms with E-state index in [-0.39, 0.29) is 0 Å². The molecule has 0 aromatic heterocycles. The van der Waals surface area contributed by atoms with Crippen LogP contribution in [0.1, 0.15) is 45.1 Å². The summed E-state index contributed by atoms with van der Waals surface area (Å²) < 4.78 is 0. The Bertz CT molecular complexity index is 430. The molecule has 3 rings (SSSR count). The lowest BCUT2D eigenvalue weighted by atomic mass is 9.98. The predicted molar refractivity (Wildman–Crippen MR) is 89.5 cm³/mol. The lowest BCUT2D eigenvalue weighted by molar-refractivity contribution is 0.0794. The molecule has 1 saturated carbocycles. The van der Waals surface area contributed by atoms with Crippen LogP contribution in [-0.4, -0.2) is 36.1 Å². The minimum Gasteiger partial charge on any atom is -0.311 e. The van der Waals surface area contributed by atoms with Crippen LogP contribution in [0.25, 0.3) is 0 Å². The standard InChI is InChI=1S/C19H30N2/c1-3-18-13-20-17(12-16-7-5-4-6-8-16)14-21(18)19-10-9-15(2)11-19/h4-8,15,17-20H,3,9-14H2,1-2H3. The molecule has 1 aliphatic carbocycles. The molecule has 2 heteroatoms. The van der Waals surface area contributed by atoms with Crippen molar-refractivity contribution >= 4 is 0 Å². The van der Waals surface area contributed by atoms with Crippen molar-refractivity contribution in [3.63, 3.8) is 0 Å². The molecule has 1 heterocycles. The molecule has 4 unspecified atom stereocenters. The summed E-state index contributed by atoms with van der Waals surface area (Å²) in [5, 5.41) is 3.79.